The van der Waals surface area contributed by atoms with Gasteiger partial charge in [-0.2, -0.15) is 4.31 Å². The van der Waals surface area contributed by atoms with Crippen molar-refractivity contribution >= 4 is 31.6 Å². The Morgan fingerprint density at radius 2 is 1.81 bits per heavy atom. The maximum Gasteiger partial charge on any atom is 0.243 e. The normalized spacial score (nSPS) is 18.2. The molecule has 140 valence electrons. The van der Waals surface area contributed by atoms with Crippen molar-refractivity contribution in [2.75, 3.05) is 26.3 Å². The smallest absolute Gasteiger partial charge is 0.243 e. The summed E-state index contributed by atoms with van der Waals surface area (Å²) in [6.07, 6.45) is 0.784. The first kappa shape index (κ1) is 17.0. The van der Waals surface area contributed by atoms with E-state index in [2.05, 4.69) is 4.98 Å². The first-order valence-corrected chi connectivity index (χ1v) is 11.1. The summed E-state index contributed by atoms with van der Waals surface area (Å²) in [5.41, 5.74) is 0.974. The molecule has 0 saturated carbocycles. The quantitative estimate of drug-likeness (QED) is 0.673. The third-order valence-corrected chi connectivity index (χ3v) is 7.89. The van der Waals surface area contributed by atoms with E-state index < -0.39 is 10.0 Å². The molecule has 0 N–H and O–H groups in total. The second kappa shape index (κ2) is 6.47. The molecule has 6 nitrogen and oxygen atoms in total. The van der Waals surface area contributed by atoms with Gasteiger partial charge in [-0.05, 0) is 24.3 Å². The van der Waals surface area contributed by atoms with Gasteiger partial charge in [0.05, 0.1) is 33.3 Å². The zero-order valence-corrected chi connectivity index (χ0v) is 16.1. The van der Waals surface area contributed by atoms with Crippen LogP contribution in [0.3, 0.4) is 0 Å². The topological polar surface area (TPSA) is 68.7 Å². The Morgan fingerprint density at radius 1 is 1.04 bits per heavy atom. The number of fused-ring (bicyclic) bond motifs is 2. The highest BCUT2D eigenvalue weighted by atomic mass is 32.2. The Hall–Kier alpha value is -2.16. The molecule has 0 atom stereocenters. The molecule has 8 heteroatoms. The van der Waals surface area contributed by atoms with Crippen molar-refractivity contribution in [3.63, 3.8) is 0 Å². The fourth-order valence-corrected chi connectivity index (χ4v) is 5.90. The number of benzene rings is 2. The SMILES string of the molecule is O=S(=O)(c1ccc2c(c1)OCCCO2)N1CC(c2nc3ccccc3s2)C1. The van der Waals surface area contributed by atoms with Gasteiger partial charge in [0.25, 0.3) is 0 Å². The average Bonchev–Trinajstić information content (AvgIpc) is 2.89. The summed E-state index contributed by atoms with van der Waals surface area (Å²) >= 11 is 1.64. The highest BCUT2D eigenvalue weighted by molar-refractivity contribution is 7.89. The van der Waals surface area contributed by atoms with Crippen molar-refractivity contribution in [3.8, 4) is 11.5 Å². The Bertz CT molecular complexity index is 1070. The molecule has 1 saturated heterocycles. The van der Waals surface area contributed by atoms with Gasteiger partial charge in [0.1, 0.15) is 0 Å². The van der Waals surface area contributed by atoms with Crippen LogP contribution in [0.4, 0.5) is 0 Å². The number of hydrogen-bond donors (Lipinski definition) is 0. The Kier molecular flexibility index (Phi) is 4.07. The maximum absolute atomic E-state index is 12.9. The standard InChI is InChI=1S/C19H18N2O4S2/c22-27(23,14-6-7-16-17(10-14)25-9-3-8-24-16)21-11-13(12-21)19-20-15-4-1-2-5-18(15)26-19/h1-2,4-7,10,13H,3,8-9,11-12H2. The molecule has 1 fully saturated rings. The molecule has 0 bridgehead atoms. The van der Waals surface area contributed by atoms with Crippen LogP contribution in [0.2, 0.25) is 0 Å². The maximum atomic E-state index is 12.9. The molecule has 3 aromatic rings. The van der Waals surface area contributed by atoms with E-state index in [0.29, 0.717) is 37.8 Å². The number of thiazole rings is 1. The van der Waals surface area contributed by atoms with Crippen molar-refractivity contribution in [3.05, 3.63) is 47.5 Å². The molecule has 2 aliphatic heterocycles. The van der Waals surface area contributed by atoms with Crippen LogP contribution in [0.15, 0.2) is 47.4 Å². The summed E-state index contributed by atoms with van der Waals surface area (Å²) in [7, 11) is -3.54. The van der Waals surface area contributed by atoms with E-state index in [9.17, 15) is 8.42 Å². The minimum atomic E-state index is -3.54. The van der Waals surface area contributed by atoms with Gasteiger partial charge in [-0.15, -0.1) is 11.3 Å². The molecule has 0 amide bonds. The van der Waals surface area contributed by atoms with E-state index in [0.717, 1.165) is 21.6 Å². The molecule has 27 heavy (non-hydrogen) atoms. The minimum Gasteiger partial charge on any atom is -0.490 e. The number of aromatic nitrogens is 1. The zero-order valence-electron chi connectivity index (χ0n) is 14.5. The highest BCUT2D eigenvalue weighted by Crippen LogP contribution is 2.38. The Balaban J connectivity index is 1.35. The molecular weight excluding hydrogens is 384 g/mol. The van der Waals surface area contributed by atoms with E-state index >= 15 is 0 Å². The summed E-state index contributed by atoms with van der Waals surface area (Å²) in [6.45, 7) is 2.02. The van der Waals surface area contributed by atoms with E-state index in [1.54, 1.807) is 29.5 Å². The fourth-order valence-electron chi connectivity index (χ4n) is 3.31. The summed E-state index contributed by atoms with van der Waals surface area (Å²) in [5.74, 6) is 1.25. The number of nitrogens with zero attached hydrogens (tertiary/aromatic N) is 2. The van der Waals surface area contributed by atoms with Crippen LogP contribution in [0, 0.1) is 0 Å². The molecule has 0 aliphatic carbocycles. The van der Waals surface area contributed by atoms with Crippen LogP contribution in [0.25, 0.3) is 10.2 Å². The number of hydrogen-bond acceptors (Lipinski definition) is 6. The highest BCUT2D eigenvalue weighted by Gasteiger charge is 2.39. The van der Waals surface area contributed by atoms with Crippen molar-refractivity contribution in [1.29, 1.82) is 0 Å². The van der Waals surface area contributed by atoms with Crippen molar-refractivity contribution in [1.82, 2.24) is 9.29 Å². The summed E-state index contributed by atoms with van der Waals surface area (Å²) < 4.78 is 39.7. The van der Waals surface area contributed by atoms with E-state index in [-0.39, 0.29) is 10.8 Å². The van der Waals surface area contributed by atoms with Crippen LogP contribution in [-0.4, -0.2) is 44.0 Å². The summed E-state index contributed by atoms with van der Waals surface area (Å²) in [4.78, 5) is 4.90. The van der Waals surface area contributed by atoms with Gasteiger partial charge in [0.15, 0.2) is 11.5 Å². The summed E-state index contributed by atoms with van der Waals surface area (Å²) in [5, 5.41) is 1.00. The number of para-hydroxylation sites is 1. The van der Waals surface area contributed by atoms with Gasteiger partial charge in [0, 0.05) is 31.5 Å². The van der Waals surface area contributed by atoms with Gasteiger partial charge in [-0.1, -0.05) is 12.1 Å². The monoisotopic (exact) mass is 402 g/mol. The number of ether oxygens (including phenoxy) is 2. The van der Waals surface area contributed by atoms with Crippen LogP contribution in [-0.2, 0) is 10.0 Å². The van der Waals surface area contributed by atoms with Crippen molar-refractivity contribution < 1.29 is 17.9 Å². The molecule has 3 heterocycles. The first-order chi connectivity index (χ1) is 13.1. The predicted molar refractivity (Wildman–Crippen MR) is 103 cm³/mol. The van der Waals surface area contributed by atoms with Gasteiger partial charge in [-0.25, -0.2) is 13.4 Å². The van der Waals surface area contributed by atoms with Crippen LogP contribution in [0.1, 0.15) is 17.3 Å². The molecule has 0 spiro atoms. The molecule has 0 unspecified atom stereocenters. The average molecular weight is 402 g/mol. The van der Waals surface area contributed by atoms with E-state index in [4.69, 9.17) is 9.47 Å². The van der Waals surface area contributed by atoms with E-state index in [1.165, 1.54) is 4.31 Å². The van der Waals surface area contributed by atoms with Crippen molar-refractivity contribution in [2.24, 2.45) is 0 Å². The Labute approximate surface area is 161 Å². The fraction of sp³-hybridized carbons (Fsp3) is 0.316. The number of sulfonamides is 1. The van der Waals surface area contributed by atoms with Crippen LogP contribution < -0.4 is 9.47 Å². The molecule has 5 rings (SSSR count). The molecule has 1 aromatic heterocycles. The van der Waals surface area contributed by atoms with Gasteiger partial charge in [0.2, 0.25) is 10.0 Å². The lowest BCUT2D eigenvalue weighted by atomic mass is 10.1. The molecule has 2 aromatic carbocycles. The minimum absolute atomic E-state index is 0.151. The van der Waals surface area contributed by atoms with Crippen molar-refractivity contribution in [2.45, 2.75) is 17.2 Å². The van der Waals surface area contributed by atoms with Gasteiger partial charge in [-0.3, -0.25) is 0 Å². The lowest BCUT2D eigenvalue weighted by molar-refractivity contribution is 0.263. The molecule has 2 aliphatic rings. The Morgan fingerprint density at radius 3 is 2.63 bits per heavy atom. The van der Waals surface area contributed by atoms with Crippen LogP contribution >= 0.6 is 11.3 Å². The molecular formula is C19H18N2O4S2. The van der Waals surface area contributed by atoms with Gasteiger partial charge >= 0.3 is 0 Å². The second-order valence-corrected chi connectivity index (χ2v) is 9.70. The number of rotatable bonds is 3. The second-order valence-electron chi connectivity index (χ2n) is 6.70. The lowest BCUT2D eigenvalue weighted by Crippen LogP contribution is -2.48. The largest absolute Gasteiger partial charge is 0.490 e. The zero-order chi connectivity index (χ0) is 18.4. The third-order valence-electron chi connectivity index (χ3n) is 4.86. The summed E-state index contributed by atoms with van der Waals surface area (Å²) in [6, 6.07) is 12.8. The molecule has 0 radical (unpaired) electrons. The van der Waals surface area contributed by atoms with E-state index in [1.807, 2.05) is 24.3 Å². The third kappa shape index (κ3) is 2.97. The van der Waals surface area contributed by atoms with Gasteiger partial charge < -0.3 is 9.47 Å². The first-order valence-electron chi connectivity index (χ1n) is 8.86. The predicted octanol–water partition coefficient (Wildman–Crippen LogP) is 3.25. The van der Waals surface area contributed by atoms with Crippen LogP contribution in [0.5, 0.6) is 11.5 Å². The lowest BCUT2D eigenvalue weighted by Gasteiger charge is -2.36.